The van der Waals surface area contributed by atoms with Crippen molar-refractivity contribution in [3.05, 3.63) is 58.0 Å². The van der Waals surface area contributed by atoms with Gasteiger partial charge in [0.05, 0.1) is 6.61 Å². The number of aromatic nitrogens is 2. The Kier molecular flexibility index (Phi) is 5.61. The number of imidazole rings is 1. The fraction of sp³-hybridized carbons (Fsp3) is 0.267. The monoisotopic (exact) mass is 332 g/mol. The number of amides is 1. The Bertz CT molecular complexity index is 728. The number of esters is 1. The first kappa shape index (κ1) is 17.1. The van der Waals surface area contributed by atoms with Gasteiger partial charge in [0.1, 0.15) is 6.04 Å². The summed E-state index contributed by atoms with van der Waals surface area (Å²) in [5.41, 5.74) is 0.426. The van der Waals surface area contributed by atoms with Crippen molar-refractivity contribution in [3.63, 3.8) is 0 Å². The van der Waals surface area contributed by atoms with E-state index in [0.717, 1.165) is 11.9 Å². The normalized spacial score (nSPS) is 11.5. The summed E-state index contributed by atoms with van der Waals surface area (Å²) in [6.45, 7) is 1.81. The average molecular weight is 332 g/mol. The summed E-state index contributed by atoms with van der Waals surface area (Å²) in [6, 6.07) is 8.06. The highest BCUT2D eigenvalue weighted by Crippen LogP contribution is 2.13. The molecule has 1 aromatic carbocycles. The molecule has 2 aromatic rings. The van der Waals surface area contributed by atoms with Gasteiger partial charge in [-0.2, -0.15) is 0 Å². The Labute approximate surface area is 137 Å². The average Bonchev–Trinajstić information content (AvgIpc) is 3.05. The maximum atomic E-state index is 12.2. The molecular weight excluding hydrogens is 316 g/mol. The van der Waals surface area contributed by atoms with Crippen LogP contribution < -0.4 is 5.32 Å². The summed E-state index contributed by atoms with van der Waals surface area (Å²) in [5, 5.41) is 13.3. The highest BCUT2D eigenvalue weighted by Gasteiger charge is 2.28. The van der Waals surface area contributed by atoms with Crippen LogP contribution in [0, 0.1) is 10.1 Å². The first-order valence-corrected chi connectivity index (χ1v) is 7.22. The highest BCUT2D eigenvalue weighted by molar-refractivity contribution is 5.97. The lowest BCUT2D eigenvalue weighted by Crippen LogP contribution is -2.43. The topological polar surface area (TPSA) is 127 Å². The molecule has 0 saturated heterocycles. The second-order valence-corrected chi connectivity index (χ2v) is 4.82. The van der Waals surface area contributed by atoms with Crippen molar-refractivity contribution < 1.29 is 19.2 Å². The lowest BCUT2D eigenvalue weighted by molar-refractivity contribution is -0.389. The Morgan fingerprint density at radius 3 is 2.71 bits per heavy atom. The molecule has 9 nitrogen and oxygen atoms in total. The van der Waals surface area contributed by atoms with Gasteiger partial charge in [-0.3, -0.25) is 4.79 Å². The summed E-state index contributed by atoms with van der Waals surface area (Å²) in [5.74, 6) is -1.97. The summed E-state index contributed by atoms with van der Waals surface area (Å²) in [7, 11) is 0. The molecule has 0 fully saturated rings. The minimum atomic E-state index is -0.976. The van der Waals surface area contributed by atoms with Crippen molar-refractivity contribution in [3.8, 4) is 0 Å². The van der Waals surface area contributed by atoms with Gasteiger partial charge in [-0.25, -0.2) is 14.8 Å². The Morgan fingerprint density at radius 1 is 1.38 bits per heavy atom. The molecule has 0 aliphatic rings. The lowest BCUT2D eigenvalue weighted by atomic mass is 10.1. The molecule has 1 atom stereocenters. The molecule has 1 amide bonds. The maximum absolute atomic E-state index is 12.2. The largest absolute Gasteiger partial charge is 0.464 e. The van der Waals surface area contributed by atoms with E-state index in [1.165, 1.54) is 0 Å². The van der Waals surface area contributed by atoms with Crippen molar-refractivity contribution in [2.24, 2.45) is 0 Å². The number of nitrogens with zero attached hydrogens (tertiary/aromatic N) is 2. The van der Waals surface area contributed by atoms with E-state index >= 15 is 0 Å². The third-order valence-electron chi connectivity index (χ3n) is 3.18. The molecule has 126 valence electrons. The molecule has 0 aliphatic carbocycles. The Morgan fingerprint density at radius 2 is 2.08 bits per heavy atom. The van der Waals surface area contributed by atoms with Crippen molar-refractivity contribution >= 4 is 17.7 Å². The molecule has 9 heteroatoms. The first-order valence-electron chi connectivity index (χ1n) is 7.22. The van der Waals surface area contributed by atoms with Crippen LogP contribution in [0.4, 0.5) is 5.82 Å². The zero-order chi connectivity index (χ0) is 17.5. The van der Waals surface area contributed by atoms with Crippen LogP contribution in [0.25, 0.3) is 0 Å². The van der Waals surface area contributed by atoms with E-state index in [9.17, 15) is 19.7 Å². The minimum Gasteiger partial charge on any atom is -0.464 e. The summed E-state index contributed by atoms with van der Waals surface area (Å²) in [4.78, 5) is 40.3. The number of aromatic amines is 1. The predicted octanol–water partition coefficient (Wildman–Crippen LogP) is 1.22. The number of H-pyrrole nitrogens is 1. The van der Waals surface area contributed by atoms with Gasteiger partial charge in [0, 0.05) is 6.42 Å². The standard InChI is InChI=1S/C15H16N4O5/c1-2-24-15(21)11(8-10-6-4-3-5-7-10)18-14(20)12-13(19(22)23)17-9-16-12/h3-7,9,11H,2,8H2,1H3,(H,16,17)(H,18,20)/t11-/m0/s1. The van der Waals surface area contributed by atoms with Crippen LogP contribution >= 0.6 is 0 Å². The number of carbonyl (C=O) groups is 2. The summed E-state index contributed by atoms with van der Waals surface area (Å²) in [6.07, 6.45) is 1.24. The molecule has 0 bridgehead atoms. The molecule has 0 spiro atoms. The van der Waals surface area contributed by atoms with Gasteiger partial charge in [-0.15, -0.1) is 0 Å². The van der Waals surface area contributed by atoms with Crippen LogP contribution in [0.3, 0.4) is 0 Å². The number of carbonyl (C=O) groups excluding carboxylic acids is 2. The molecule has 1 heterocycles. The van der Waals surface area contributed by atoms with Crippen LogP contribution in [0.5, 0.6) is 0 Å². The molecule has 24 heavy (non-hydrogen) atoms. The van der Waals surface area contributed by atoms with Crippen LogP contribution in [-0.2, 0) is 16.0 Å². The van der Waals surface area contributed by atoms with Crippen molar-refractivity contribution in [1.82, 2.24) is 15.3 Å². The van der Waals surface area contributed by atoms with E-state index in [1.807, 2.05) is 6.07 Å². The van der Waals surface area contributed by atoms with E-state index in [2.05, 4.69) is 15.3 Å². The number of nitrogens with one attached hydrogen (secondary N) is 2. The second kappa shape index (κ2) is 7.86. The van der Waals surface area contributed by atoms with Crippen molar-refractivity contribution in [2.45, 2.75) is 19.4 Å². The zero-order valence-corrected chi connectivity index (χ0v) is 12.9. The van der Waals surface area contributed by atoms with E-state index < -0.39 is 28.7 Å². The van der Waals surface area contributed by atoms with Crippen LogP contribution in [-0.4, -0.2) is 39.4 Å². The van der Waals surface area contributed by atoms with Crippen LogP contribution in [0.2, 0.25) is 0 Å². The third kappa shape index (κ3) is 4.15. The summed E-state index contributed by atoms with van der Waals surface area (Å²) >= 11 is 0. The van der Waals surface area contributed by atoms with Crippen LogP contribution in [0.1, 0.15) is 23.0 Å². The van der Waals surface area contributed by atoms with Gasteiger partial charge in [-0.05, 0) is 17.4 Å². The molecule has 1 aromatic heterocycles. The Hall–Kier alpha value is -3.23. The van der Waals surface area contributed by atoms with Gasteiger partial charge in [-0.1, -0.05) is 30.3 Å². The number of nitro groups is 1. The molecule has 0 unspecified atom stereocenters. The molecular formula is C15H16N4O5. The quantitative estimate of drug-likeness (QED) is 0.446. The van der Waals surface area contributed by atoms with Gasteiger partial charge in [0.2, 0.25) is 5.69 Å². The number of hydrogen-bond acceptors (Lipinski definition) is 6. The van der Waals surface area contributed by atoms with Crippen molar-refractivity contribution in [1.29, 1.82) is 0 Å². The number of benzene rings is 1. The third-order valence-corrected chi connectivity index (χ3v) is 3.18. The number of hydrogen-bond donors (Lipinski definition) is 2. The van der Waals surface area contributed by atoms with E-state index in [4.69, 9.17) is 4.74 Å². The van der Waals surface area contributed by atoms with Gasteiger partial charge < -0.3 is 20.2 Å². The van der Waals surface area contributed by atoms with E-state index in [1.54, 1.807) is 31.2 Å². The molecule has 0 aliphatic heterocycles. The highest BCUT2D eigenvalue weighted by atomic mass is 16.6. The lowest BCUT2D eigenvalue weighted by Gasteiger charge is -2.16. The zero-order valence-electron chi connectivity index (χ0n) is 12.9. The van der Waals surface area contributed by atoms with Gasteiger partial charge in [0.25, 0.3) is 5.91 Å². The van der Waals surface area contributed by atoms with E-state index in [-0.39, 0.29) is 18.7 Å². The molecule has 2 N–H and O–H groups in total. The van der Waals surface area contributed by atoms with Crippen LogP contribution in [0.15, 0.2) is 36.7 Å². The number of ether oxygens (including phenoxy) is 1. The minimum absolute atomic E-state index is 0.155. The van der Waals surface area contributed by atoms with Crippen molar-refractivity contribution in [2.75, 3.05) is 6.61 Å². The molecule has 2 rings (SSSR count). The number of rotatable bonds is 7. The second-order valence-electron chi connectivity index (χ2n) is 4.82. The van der Waals surface area contributed by atoms with Gasteiger partial charge in [0.15, 0.2) is 6.33 Å². The van der Waals surface area contributed by atoms with Gasteiger partial charge >= 0.3 is 11.8 Å². The Balaban J connectivity index is 2.18. The summed E-state index contributed by atoms with van der Waals surface area (Å²) < 4.78 is 4.96. The predicted molar refractivity (Wildman–Crippen MR) is 83.3 cm³/mol. The maximum Gasteiger partial charge on any atom is 0.353 e. The smallest absolute Gasteiger partial charge is 0.353 e. The molecule has 0 radical (unpaired) electrons. The first-order chi connectivity index (χ1) is 11.5. The van der Waals surface area contributed by atoms with E-state index in [0.29, 0.717) is 0 Å². The SMILES string of the molecule is CCOC(=O)[C@H](Cc1ccccc1)NC(=O)c1nc[nH]c1[N+](=O)[O-]. The fourth-order valence-corrected chi connectivity index (χ4v) is 2.11. The fourth-order valence-electron chi connectivity index (χ4n) is 2.11. The molecule has 0 saturated carbocycles.